The number of anilines is 1. The molecule has 1 unspecified atom stereocenters. The van der Waals surface area contributed by atoms with Crippen LogP contribution >= 0.6 is 11.3 Å². The third-order valence-corrected chi connectivity index (χ3v) is 8.07. The van der Waals surface area contributed by atoms with E-state index in [0.717, 1.165) is 61.6 Å². The summed E-state index contributed by atoms with van der Waals surface area (Å²) in [5.74, 6) is 2.30. The molecule has 0 aliphatic carbocycles. The first-order valence-corrected chi connectivity index (χ1v) is 12.8. The van der Waals surface area contributed by atoms with Gasteiger partial charge in [0.15, 0.2) is 0 Å². The number of aryl methyl sites for hydroxylation is 1. The van der Waals surface area contributed by atoms with E-state index in [1.54, 1.807) is 6.20 Å². The van der Waals surface area contributed by atoms with Crippen molar-refractivity contribution in [2.24, 2.45) is 5.92 Å². The minimum atomic E-state index is -0.00203. The van der Waals surface area contributed by atoms with Crippen LogP contribution < -0.4 is 10.2 Å². The number of piperazine rings is 1. The molecule has 4 saturated heterocycles. The van der Waals surface area contributed by atoms with Gasteiger partial charge in [0.05, 0.1) is 23.5 Å². The molecule has 2 bridgehead atoms. The first-order chi connectivity index (χ1) is 16.1. The second kappa shape index (κ2) is 10.0. The molecule has 33 heavy (non-hydrogen) atoms. The van der Waals surface area contributed by atoms with Crippen molar-refractivity contribution in [3.63, 3.8) is 0 Å². The second-order valence-corrected chi connectivity index (χ2v) is 10.4. The van der Waals surface area contributed by atoms with Crippen LogP contribution in [-0.2, 0) is 6.42 Å². The maximum absolute atomic E-state index is 12.8. The molecule has 4 aliphatic rings. The van der Waals surface area contributed by atoms with E-state index in [2.05, 4.69) is 35.0 Å². The largest absolute Gasteiger partial charge is 0.395 e. The molecule has 178 valence electrons. The number of fused-ring (bicyclic) bond motifs is 3. The van der Waals surface area contributed by atoms with Crippen LogP contribution in [0.15, 0.2) is 12.3 Å². The molecule has 6 rings (SSSR count). The zero-order valence-corrected chi connectivity index (χ0v) is 20.1. The topological polar surface area (TPSA) is 97.7 Å². The SMILES string of the molecule is Cc1nc(Cc2ncc(C(=O)NC3CN4CCC3CC4)s2)cc(N2CCN(CCO)CC2)n1. The Bertz CT molecular complexity index is 967. The fourth-order valence-corrected chi connectivity index (χ4v) is 6.06. The van der Waals surface area contributed by atoms with Crippen molar-refractivity contribution < 1.29 is 9.90 Å². The van der Waals surface area contributed by atoms with Gasteiger partial charge in [-0.2, -0.15) is 0 Å². The van der Waals surface area contributed by atoms with Crippen LogP contribution in [-0.4, -0.2) is 101 Å². The molecular formula is C23H33N7O2S. The van der Waals surface area contributed by atoms with Crippen molar-refractivity contribution in [3.8, 4) is 0 Å². The van der Waals surface area contributed by atoms with Crippen molar-refractivity contribution in [1.82, 2.24) is 30.1 Å². The summed E-state index contributed by atoms with van der Waals surface area (Å²) in [7, 11) is 0. The normalized spacial score (nSPS) is 25.4. The Hall–Kier alpha value is -2.14. The number of aliphatic hydroxyl groups excluding tert-OH is 1. The van der Waals surface area contributed by atoms with Gasteiger partial charge in [-0.25, -0.2) is 15.0 Å². The Morgan fingerprint density at radius 3 is 2.67 bits per heavy atom. The number of rotatable bonds is 7. The van der Waals surface area contributed by atoms with Gasteiger partial charge in [0.25, 0.3) is 5.91 Å². The molecule has 0 spiro atoms. The summed E-state index contributed by atoms with van der Waals surface area (Å²) in [6, 6.07) is 2.30. The molecular weight excluding hydrogens is 438 g/mol. The average Bonchev–Trinajstić information content (AvgIpc) is 3.29. The van der Waals surface area contributed by atoms with E-state index in [-0.39, 0.29) is 18.6 Å². The summed E-state index contributed by atoms with van der Waals surface area (Å²) in [6.07, 6.45) is 4.67. The number of β-amino-alcohol motifs (C(OH)–C–C–N with tert-alkyl or cyclic N) is 1. The summed E-state index contributed by atoms with van der Waals surface area (Å²) in [5.41, 5.74) is 0.925. The lowest BCUT2D eigenvalue weighted by Crippen LogP contribution is -2.57. The Labute approximate surface area is 198 Å². The van der Waals surface area contributed by atoms with Crippen LogP contribution in [0.5, 0.6) is 0 Å². The molecule has 10 heteroatoms. The van der Waals surface area contributed by atoms with Crippen molar-refractivity contribution in [2.75, 3.05) is 63.9 Å². The van der Waals surface area contributed by atoms with Gasteiger partial charge in [0.2, 0.25) is 0 Å². The molecule has 4 aliphatic heterocycles. The van der Waals surface area contributed by atoms with E-state index in [1.165, 1.54) is 37.3 Å². The van der Waals surface area contributed by atoms with E-state index < -0.39 is 0 Å². The van der Waals surface area contributed by atoms with Crippen LogP contribution in [0.4, 0.5) is 5.82 Å². The highest BCUT2D eigenvalue weighted by Gasteiger charge is 2.35. The van der Waals surface area contributed by atoms with Gasteiger partial charge in [-0.1, -0.05) is 0 Å². The van der Waals surface area contributed by atoms with Gasteiger partial charge in [0, 0.05) is 57.8 Å². The van der Waals surface area contributed by atoms with Gasteiger partial charge in [-0.05, 0) is 38.8 Å². The number of hydrogen-bond donors (Lipinski definition) is 2. The molecule has 0 aromatic carbocycles. The fourth-order valence-electron chi connectivity index (χ4n) is 5.23. The summed E-state index contributed by atoms with van der Waals surface area (Å²) in [4.78, 5) is 34.3. The van der Waals surface area contributed by atoms with Crippen LogP contribution in [0.1, 0.15) is 39.0 Å². The smallest absolute Gasteiger partial charge is 0.263 e. The van der Waals surface area contributed by atoms with Crippen LogP contribution in [0, 0.1) is 12.8 Å². The van der Waals surface area contributed by atoms with Gasteiger partial charge in [-0.15, -0.1) is 11.3 Å². The highest BCUT2D eigenvalue weighted by atomic mass is 32.1. The van der Waals surface area contributed by atoms with Gasteiger partial charge >= 0.3 is 0 Å². The molecule has 1 amide bonds. The molecule has 2 N–H and O–H groups in total. The minimum Gasteiger partial charge on any atom is -0.395 e. The Balaban J connectivity index is 1.21. The lowest BCUT2D eigenvalue weighted by molar-refractivity contribution is 0.0622. The molecule has 2 aromatic rings. The fraction of sp³-hybridized carbons (Fsp3) is 0.652. The summed E-state index contributed by atoms with van der Waals surface area (Å²) in [6.45, 7) is 9.76. The number of aliphatic hydroxyl groups is 1. The number of thiazole rings is 1. The maximum atomic E-state index is 12.8. The number of carbonyl (C=O) groups excluding carboxylic acids is 1. The molecule has 4 fully saturated rings. The lowest BCUT2D eigenvalue weighted by atomic mass is 9.84. The van der Waals surface area contributed by atoms with Crippen molar-refractivity contribution in [3.05, 3.63) is 33.7 Å². The quantitative estimate of drug-likeness (QED) is 0.611. The summed E-state index contributed by atoms with van der Waals surface area (Å²) < 4.78 is 0. The first-order valence-electron chi connectivity index (χ1n) is 12.0. The highest BCUT2D eigenvalue weighted by Crippen LogP contribution is 2.28. The monoisotopic (exact) mass is 471 g/mol. The van der Waals surface area contributed by atoms with Crippen LogP contribution in [0.2, 0.25) is 0 Å². The number of hydrogen-bond acceptors (Lipinski definition) is 9. The predicted octanol–water partition coefficient (Wildman–Crippen LogP) is 0.771. The molecule has 1 atom stereocenters. The molecule has 9 nitrogen and oxygen atoms in total. The van der Waals surface area contributed by atoms with E-state index in [9.17, 15) is 4.79 Å². The number of carbonyl (C=O) groups is 1. The number of piperidine rings is 3. The first kappa shape index (κ1) is 22.6. The standard InChI is InChI=1S/C23H33N7O2S/c1-16-25-18(12-21(26-16)30-8-6-28(7-9-30)10-11-31)13-22-24-14-20(33-22)23(32)27-19-15-29-4-2-17(19)3-5-29/h12,14,17,19,31H,2-11,13,15H2,1H3,(H,27,32). The highest BCUT2D eigenvalue weighted by molar-refractivity contribution is 7.13. The van der Waals surface area contributed by atoms with E-state index in [0.29, 0.717) is 17.2 Å². The maximum Gasteiger partial charge on any atom is 0.263 e. The predicted molar refractivity (Wildman–Crippen MR) is 128 cm³/mol. The number of aromatic nitrogens is 3. The lowest BCUT2D eigenvalue weighted by Gasteiger charge is -2.44. The average molecular weight is 472 g/mol. The van der Waals surface area contributed by atoms with Crippen molar-refractivity contribution in [2.45, 2.75) is 32.2 Å². The second-order valence-electron chi connectivity index (χ2n) is 9.33. The molecule has 0 radical (unpaired) electrons. The molecule has 0 saturated carbocycles. The van der Waals surface area contributed by atoms with Crippen molar-refractivity contribution in [1.29, 1.82) is 0 Å². The van der Waals surface area contributed by atoms with Crippen LogP contribution in [0.3, 0.4) is 0 Å². The van der Waals surface area contributed by atoms with E-state index in [4.69, 9.17) is 5.11 Å². The summed E-state index contributed by atoms with van der Waals surface area (Å²) >= 11 is 1.46. The van der Waals surface area contributed by atoms with Crippen LogP contribution in [0.25, 0.3) is 0 Å². The number of amides is 1. The summed E-state index contributed by atoms with van der Waals surface area (Å²) in [5, 5.41) is 13.3. The Kier molecular flexibility index (Phi) is 6.86. The van der Waals surface area contributed by atoms with Gasteiger partial charge in [0.1, 0.15) is 16.5 Å². The molecule has 2 aromatic heterocycles. The Morgan fingerprint density at radius 1 is 1.18 bits per heavy atom. The van der Waals surface area contributed by atoms with Gasteiger partial charge in [-0.3, -0.25) is 9.69 Å². The Morgan fingerprint density at radius 2 is 1.97 bits per heavy atom. The van der Waals surface area contributed by atoms with E-state index >= 15 is 0 Å². The zero-order valence-electron chi connectivity index (χ0n) is 19.2. The third-order valence-electron chi connectivity index (χ3n) is 7.07. The zero-order chi connectivity index (χ0) is 22.8. The minimum absolute atomic E-state index is 0.00203. The van der Waals surface area contributed by atoms with Gasteiger partial charge < -0.3 is 20.2 Å². The number of nitrogens with zero attached hydrogens (tertiary/aromatic N) is 6. The van der Waals surface area contributed by atoms with Crippen molar-refractivity contribution >= 4 is 23.1 Å². The van der Waals surface area contributed by atoms with E-state index in [1.807, 2.05) is 13.0 Å². The third kappa shape index (κ3) is 5.34. The number of nitrogens with one attached hydrogen (secondary N) is 1. The molecule has 6 heterocycles.